The molecule has 1 aromatic rings. The van der Waals surface area contributed by atoms with Crippen molar-refractivity contribution in [3.8, 4) is 0 Å². The Balaban J connectivity index is 1.62. The zero-order valence-corrected chi connectivity index (χ0v) is 12.0. The standard InChI is InChI=1S/C15H21ClN2O/c16-14-8-2-1-7-13(14)15(19)17-9-3-4-10-18-11-5-6-12-18/h1-2,7-8H,3-6,9-12H2,(H,17,19). The minimum atomic E-state index is -0.0771. The van der Waals surface area contributed by atoms with Crippen molar-refractivity contribution in [3.05, 3.63) is 34.9 Å². The second kappa shape index (κ2) is 7.51. The highest BCUT2D eigenvalue weighted by molar-refractivity contribution is 6.33. The number of unbranched alkanes of at least 4 members (excludes halogenated alkanes) is 1. The topological polar surface area (TPSA) is 32.3 Å². The Bertz CT molecular complexity index is 416. The van der Waals surface area contributed by atoms with Crippen LogP contribution in [0.15, 0.2) is 24.3 Å². The molecule has 1 aliphatic rings. The predicted molar refractivity (Wildman–Crippen MR) is 78.7 cm³/mol. The van der Waals surface area contributed by atoms with E-state index in [1.807, 2.05) is 12.1 Å². The molecule has 0 aliphatic carbocycles. The Labute approximate surface area is 119 Å². The van der Waals surface area contributed by atoms with E-state index in [0.29, 0.717) is 10.6 Å². The Morgan fingerprint density at radius 2 is 1.95 bits per heavy atom. The van der Waals surface area contributed by atoms with Crippen LogP contribution in [0.2, 0.25) is 5.02 Å². The summed E-state index contributed by atoms with van der Waals surface area (Å²) >= 11 is 5.98. The molecule has 1 fully saturated rings. The molecule has 0 bridgehead atoms. The van der Waals surface area contributed by atoms with Gasteiger partial charge in [0, 0.05) is 6.54 Å². The maximum absolute atomic E-state index is 11.9. The van der Waals surface area contributed by atoms with Crippen molar-refractivity contribution < 1.29 is 4.79 Å². The summed E-state index contributed by atoms with van der Waals surface area (Å²) in [5, 5.41) is 3.43. The summed E-state index contributed by atoms with van der Waals surface area (Å²) < 4.78 is 0. The van der Waals surface area contributed by atoms with Crippen LogP contribution >= 0.6 is 11.6 Å². The summed E-state index contributed by atoms with van der Waals surface area (Å²) in [5.41, 5.74) is 0.559. The van der Waals surface area contributed by atoms with Gasteiger partial charge in [0.05, 0.1) is 10.6 Å². The molecular weight excluding hydrogens is 260 g/mol. The van der Waals surface area contributed by atoms with Crippen LogP contribution in [0.3, 0.4) is 0 Å². The summed E-state index contributed by atoms with van der Waals surface area (Å²) in [6, 6.07) is 7.15. The van der Waals surface area contributed by atoms with Crippen LogP contribution in [-0.2, 0) is 0 Å². The zero-order valence-electron chi connectivity index (χ0n) is 11.2. The Kier molecular flexibility index (Phi) is 5.67. The third-order valence-electron chi connectivity index (χ3n) is 3.50. The first kappa shape index (κ1) is 14.4. The molecule has 0 atom stereocenters. The number of hydrogen-bond donors (Lipinski definition) is 1. The first-order valence-corrected chi connectivity index (χ1v) is 7.40. The molecule has 4 heteroatoms. The quantitative estimate of drug-likeness (QED) is 0.813. The highest BCUT2D eigenvalue weighted by Crippen LogP contribution is 2.14. The minimum absolute atomic E-state index is 0.0771. The number of carbonyl (C=O) groups is 1. The van der Waals surface area contributed by atoms with E-state index < -0.39 is 0 Å². The molecule has 0 spiro atoms. The number of nitrogens with zero attached hydrogens (tertiary/aromatic N) is 1. The maximum atomic E-state index is 11.9. The molecule has 0 radical (unpaired) electrons. The van der Waals surface area contributed by atoms with E-state index in [1.165, 1.54) is 25.9 Å². The summed E-state index contributed by atoms with van der Waals surface area (Å²) in [6.45, 7) is 4.36. The molecule has 2 rings (SSSR count). The minimum Gasteiger partial charge on any atom is -0.352 e. The van der Waals surface area contributed by atoms with Gasteiger partial charge in [-0.25, -0.2) is 0 Å². The highest BCUT2D eigenvalue weighted by atomic mass is 35.5. The fraction of sp³-hybridized carbons (Fsp3) is 0.533. The van der Waals surface area contributed by atoms with Crippen LogP contribution < -0.4 is 5.32 Å². The van der Waals surface area contributed by atoms with Gasteiger partial charge in [0.2, 0.25) is 0 Å². The predicted octanol–water partition coefficient (Wildman–Crippen LogP) is 2.95. The van der Waals surface area contributed by atoms with Gasteiger partial charge in [0.1, 0.15) is 0 Å². The fourth-order valence-electron chi connectivity index (χ4n) is 2.41. The Morgan fingerprint density at radius 3 is 2.68 bits per heavy atom. The first-order chi connectivity index (χ1) is 9.27. The summed E-state index contributed by atoms with van der Waals surface area (Å²) in [4.78, 5) is 14.4. The number of amides is 1. The van der Waals surface area contributed by atoms with E-state index in [-0.39, 0.29) is 5.91 Å². The third-order valence-corrected chi connectivity index (χ3v) is 3.83. The number of halogens is 1. The van der Waals surface area contributed by atoms with E-state index in [2.05, 4.69) is 10.2 Å². The number of carbonyl (C=O) groups excluding carboxylic acids is 1. The molecule has 1 heterocycles. The summed E-state index contributed by atoms with van der Waals surface area (Å²) in [7, 11) is 0. The van der Waals surface area contributed by atoms with Crippen molar-refractivity contribution >= 4 is 17.5 Å². The van der Waals surface area contributed by atoms with Crippen LogP contribution in [0.1, 0.15) is 36.0 Å². The average molecular weight is 281 g/mol. The lowest BCUT2D eigenvalue weighted by atomic mass is 10.2. The van der Waals surface area contributed by atoms with Gasteiger partial charge in [0.25, 0.3) is 5.91 Å². The van der Waals surface area contributed by atoms with Crippen LogP contribution in [0.25, 0.3) is 0 Å². The lowest BCUT2D eigenvalue weighted by Crippen LogP contribution is -2.26. The van der Waals surface area contributed by atoms with Gasteiger partial charge < -0.3 is 10.2 Å². The smallest absolute Gasteiger partial charge is 0.252 e. The van der Waals surface area contributed by atoms with Gasteiger partial charge in [-0.3, -0.25) is 4.79 Å². The second-order valence-electron chi connectivity index (χ2n) is 4.99. The van der Waals surface area contributed by atoms with E-state index in [9.17, 15) is 4.79 Å². The molecular formula is C15H21ClN2O. The molecule has 1 aromatic carbocycles. The normalized spacial score (nSPS) is 15.6. The molecule has 19 heavy (non-hydrogen) atoms. The molecule has 104 valence electrons. The van der Waals surface area contributed by atoms with Gasteiger partial charge >= 0.3 is 0 Å². The monoisotopic (exact) mass is 280 g/mol. The van der Waals surface area contributed by atoms with E-state index in [1.54, 1.807) is 12.1 Å². The van der Waals surface area contributed by atoms with Gasteiger partial charge in [-0.2, -0.15) is 0 Å². The number of hydrogen-bond acceptors (Lipinski definition) is 2. The molecule has 1 amide bonds. The van der Waals surface area contributed by atoms with Crippen molar-refractivity contribution in [2.45, 2.75) is 25.7 Å². The number of nitrogens with one attached hydrogen (secondary N) is 1. The average Bonchev–Trinajstić information content (AvgIpc) is 2.92. The lowest BCUT2D eigenvalue weighted by Gasteiger charge is -2.14. The summed E-state index contributed by atoms with van der Waals surface area (Å²) in [5.74, 6) is -0.0771. The van der Waals surface area contributed by atoms with Crippen molar-refractivity contribution in [2.75, 3.05) is 26.2 Å². The fourth-order valence-corrected chi connectivity index (χ4v) is 2.63. The number of benzene rings is 1. The van der Waals surface area contributed by atoms with E-state index >= 15 is 0 Å². The Hall–Kier alpha value is -1.06. The molecule has 3 nitrogen and oxygen atoms in total. The van der Waals surface area contributed by atoms with Crippen molar-refractivity contribution in [2.24, 2.45) is 0 Å². The lowest BCUT2D eigenvalue weighted by molar-refractivity contribution is 0.0953. The maximum Gasteiger partial charge on any atom is 0.252 e. The molecule has 0 aromatic heterocycles. The SMILES string of the molecule is O=C(NCCCCN1CCCC1)c1ccccc1Cl. The summed E-state index contributed by atoms with van der Waals surface area (Å²) in [6.07, 6.45) is 4.84. The van der Waals surface area contributed by atoms with Crippen molar-refractivity contribution in [1.29, 1.82) is 0 Å². The zero-order chi connectivity index (χ0) is 13.5. The number of likely N-dealkylation sites (tertiary alicyclic amines) is 1. The molecule has 1 aliphatic heterocycles. The van der Waals surface area contributed by atoms with Gasteiger partial charge in [0.15, 0.2) is 0 Å². The molecule has 0 unspecified atom stereocenters. The largest absolute Gasteiger partial charge is 0.352 e. The van der Waals surface area contributed by atoms with Gasteiger partial charge in [-0.15, -0.1) is 0 Å². The van der Waals surface area contributed by atoms with Crippen LogP contribution in [-0.4, -0.2) is 37.0 Å². The third kappa shape index (κ3) is 4.51. The van der Waals surface area contributed by atoms with Crippen LogP contribution in [0.4, 0.5) is 0 Å². The van der Waals surface area contributed by atoms with Crippen molar-refractivity contribution in [1.82, 2.24) is 10.2 Å². The van der Waals surface area contributed by atoms with Crippen molar-refractivity contribution in [3.63, 3.8) is 0 Å². The van der Waals surface area contributed by atoms with Crippen LogP contribution in [0, 0.1) is 0 Å². The Morgan fingerprint density at radius 1 is 1.21 bits per heavy atom. The van der Waals surface area contributed by atoms with Gasteiger partial charge in [-0.05, 0) is 57.5 Å². The van der Waals surface area contributed by atoms with E-state index in [0.717, 1.165) is 25.9 Å². The second-order valence-corrected chi connectivity index (χ2v) is 5.40. The van der Waals surface area contributed by atoms with Gasteiger partial charge in [-0.1, -0.05) is 23.7 Å². The number of rotatable bonds is 6. The highest BCUT2D eigenvalue weighted by Gasteiger charge is 2.11. The molecule has 0 saturated carbocycles. The molecule has 1 saturated heterocycles. The molecule has 1 N–H and O–H groups in total. The first-order valence-electron chi connectivity index (χ1n) is 7.02. The van der Waals surface area contributed by atoms with E-state index in [4.69, 9.17) is 11.6 Å². The van der Waals surface area contributed by atoms with Crippen LogP contribution in [0.5, 0.6) is 0 Å².